The lowest BCUT2D eigenvalue weighted by Gasteiger charge is -2.13. The van der Waals surface area contributed by atoms with E-state index in [0.717, 1.165) is 5.56 Å². The number of amides is 1. The molecular weight excluding hydrogens is 303 g/mol. The lowest BCUT2D eigenvalue weighted by molar-refractivity contribution is -0.139. The Bertz CT molecular complexity index is 540. The van der Waals surface area contributed by atoms with Crippen LogP contribution >= 0.6 is 23.2 Å². The van der Waals surface area contributed by atoms with Crippen molar-refractivity contribution >= 4 is 40.8 Å². The fourth-order valence-corrected chi connectivity index (χ4v) is 2.58. The van der Waals surface area contributed by atoms with Crippen LogP contribution in [0.15, 0.2) is 12.1 Å². The van der Waals surface area contributed by atoms with Crippen LogP contribution in [0.4, 0.5) is 5.69 Å². The Morgan fingerprint density at radius 1 is 1.25 bits per heavy atom. The second-order valence-electron chi connectivity index (χ2n) is 4.74. The molecule has 2 rings (SSSR count). The summed E-state index contributed by atoms with van der Waals surface area (Å²) >= 11 is 12.0. The third-order valence-corrected chi connectivity index (χ3v) is 4.09. The molecule has 0 unspecified atom stereocenters. The number of carbonyl (C=O) groups excluding carboxylic acids is 1. The third kappa shape index (κ3) is 3.23. The summed E-state index contributed by atoms with van der Waals surface area (Å²) in [5.74, 6) is -1.23. The van der Waals surface area contributed by atoms with Gasteiger partial charge in [0.2, 0.25) is 5.91 Å². The van der Waals surface area contributed by atoms with E-state index in [1.807, 2.05) is 0 Å². The molecule has 1 aliphatic rings. The van der Waals surface area contributed by atoms with E-state index >= 15 is 0 Å². The van der Waals surface area contributed by atoms with Gasteiger partial charge in [-0.05, 0) is 37.5 Å². The molecule has 20 heavy (non-hydrogen) atoms. The fourth-order valence-electron chi connectivity index (χ4n) is 2.09. The molecule has 3 N–H and O–H groups in total. The van der Waals surface area contributed by atoms with Crippen LogP contribution in [0.5, 0.6) is 0 Å². The number of anilines is 1. The normalized spacial score (nSPS) is 21.8. The second kappa shape index (κ2) is 5.99. The Kier molecular flexibility index (Phi) is 4.52. The summed E-state index contributed by atoms with van der Waals surface area (Å²) in [5, 5.41) is 15.3. The van der Waals surface area contributed by atoms with E-state index in [4.69, 9.17) is 28.3 Å². The highest BCUT2D eigenvalue weighted by molar-refractivity contribution is 6.36. The number of benzene rings is 1. The summed E-state index contributed by atoms with van der Waals surface area (Å²) in [6, 6.07) is 2.04. The van der Waals surface area contributed by atoms with Crippen LogP contribution in [0.1, 0.15) is 18.4 Å². The summed E-state index contributed by atoms with van der Waals surface area (Å²) in [4.78, 5) is 22.9. The molecule has 0 spiro atoms. The first kappa shape index (κ1) is 15.1. The van der Waals surface area contributed by atoms with Gasteiger partial charge < -0.3 is 10.4 Å². The van der Waals surface area contributed by atoms with Crippen molar-refractivity contribution in [3.8, 4) is 0 Å². The number of carbonyl (C=O) groups is 2. The van der Waals surface area contributed by atoms with Gasteiger partial charge in [0.05, 0.1) is 6.04 Å². The number of nitrogens with one attached hydrogen (secondary N) is 2. The Hall–Kier alpha value is -1.30. The van der Waals surface area contributed by atoms with E-state index in [9.17, 15) is 9.59 Å². The summed E-state index contributed by atoms with van der Waals surface area (Å²) in [7, 11) is 0. The maximum Gasteiger partial charge on any atom is 0.320 e. The minimum atomic E-state index is -0.943. The Morgan fingerprint density at radius 2 is 1.80 bits per heavy atom. The molecule has 0 aromatic heterocycles. The van der Waals surface area contributed by atoms with Crippen molar-refractivity contribution in [3.63, 3.8) is 0 Å². The monoisotopic (exact) mass is 316 g/mol. The van der Waals surface area contributed by atoms with Gasteiger partial charge in [0.25, 0.3) is 0 Å². The average molecular weight is 317 g/mol. The minimum absolute atomic E-state index is 0.287. The van der Waals surface area contributed by atoms with Gasteiger partial charge in [-0.1, -0.05) is 23.2 Å². The van der Waals surface area contributed by atoms with Crippen LogP contribution in [0.2, 0.25) is 10.0 Å². The van der Waals surface area contributed by atoms with Crippen LogP contribution in [0, 0.1) is 6.92 Å². The zero-order chi connectivity index (χ0) is 14.9. The second-order valence-corrected chi connectivity index (χ2v) is 5.56. The quantitative estimate of drug-likeness (QED) is 0.800. The van der Waals surface area contributed by atoms with E-state index in [1.165, 1.54) is 0 Å². The van der Waals surface area contributed by atoms with Gasteiger partial charge in [0, 0.05) is 15.7 Å². The van der Waals surface area contributed by atoms with E-state index in [0.29, 0.717) is 28.6 Å². The largest absolute Gasteiger partial charge is 0.480 e. The predicted octanol–water partition coefficient (Wildman–Crippen LogP) is 2.45. The van der Waals surface area contributed by atoms with Crippen LogP contribution in [0.3, 0.4) is 0 Å². The Balaban J connectivity index is 2.04. The van der Waals surface area contributed by atoms with E-state index in [-0.39, 0.29) is 5.91 Å². The van der Waals surface area contributed by atoms with E-state index < -0.39 is 18.1 Å². The minimum Gasteiger partial charge on any atom is -0.480 e. The molecule has 1 aliphatic heterocycles. The molecule has 7 heteroatoms. The molecule has 1 aromatic rings. The average Bonchev–Trinajstić information content (AvgIpc) is 2.85. The molecule has 1 amide bonds. The van der Waals surface area contributed by atoms with Crippen molar-refractivity contribution in [2.45, 2.75) is 31.8 Å². The summed E-state index contributed by atoms with van der Waals surface area (Å²) in [5.41, 5.74) is 1.24. The molecule has 0 bridgehead atoms. The van der Waals surface area contributed by atoms with Gasteiger partial charge in [-0.15, -0.1) is 0 Å². The van der Waals surface area contributed by atoms with Gasteiger partial charge in [0.1, 0.15) is 6.04 Å². The van der Waals surface area contributed by atoms with Crippen molar-refractivity contribution in [2.75, 3.05) is 5.32 Å². The standard InChI is InChI=1S/C13H14Cl2N2O3/c1-6-8(14)4-7(5-9(6)15)16-12(18)10-2-3-11(17-10)13(19)20/h4-5,10-11,17H,2-3H2,1H3,(H,16,18)(H,19,20)/t10-,11+/m0/s1. The topological polar surface area (TPSA) is 78.4 Å². The third-order valence-electron chi connectivity index (χ3n) is 3.31. The Labute approximate surface area is 126 Å². The van der Waals surface area contributed by atoms with Crippen molar-refractivity contribution in [3.05, 3.63) is 27.7 Å². The van der Waals surface area contributed by atoms with Gasteiger partial charge in [0.15, 0.2) is 0 Å². The molecular formula is C13H14Cl2N2O3. The highest BCUT2D eigenvalue weighted by Crippen LogP contribution is 2.28. The number of hydrogen-bond donors (Lipinski definition) is 3. The van der Waals surface area contributed by atoms with Crippen molar-refractivity contribution in [1.82, 2.24) is 5.32 Å². The lowest BCUT2D eigenvalue weighted by Crippen LogP contribution is -2.41. The lowest BCUT2D eigenvalue weighted by atomic mass is 10.1. The number of carboxylic acid groups (broad SMARTS) is 1. The number of rotatable bonds is 3. The molecule has 1 aromatic carbocycles. The van der Waals surface area contributed by atoms with Gasteiger partial charge in [-0.25, -0.2) is 0 Å². The molecule has 5 nitrogen and oxygen atoms in total. The van der Waals surface area contributed by atoms with E-state index in [2.05, 4.69) is 10.6 Å². The molecule has 1 fully saturated rings. The van der Waals surface area contributed by atoms with Crippen LogP contribution < -0.4 is 10.6 Å². The molecule has 0 aliphatic carbocycles. The Morgan fingerprint density at radius 3 is 2.30 bits per heavy atom. The van der Waals surface area contributed by atoms with Crippen LogP contribution in [0.25, 0.3) is 0 Å². The zero-order valence-corrected chi connectivity index (χ0v) is 12.3. The summed E-state index contributed by atoms with van der Waals surface area (Å²) in [6.07, 6.45) is 0.916. The SMILES string of the molecule is Cc1c(Cl)cc(NC(=O)[C@@H]2CC[C@H](C(=O)O)N2)cc1Cl. The van der Waals surface area contributed by atoms with Crippen molar-refractivity contribution in [2.24, 2.45) is 0 Å². The van der Waals surface area contributed by atoms with Gasteiger partial charge >= 0.3 is 5.97 Å². The summed E-state index contributed by atoms with van der Waals surface area (Å²) in [6.45, 7) is 1.78. The molecule has 108 valence electrons. The van der Waals surface area contributed by atoms with Crippen molar-refractivity contribution < 1.29 is 14.7 Å². The fraction of sp³-hybridized carbons (Fsp3) is 0.385. The number of carboxylic acids is 1. The number of aliphatic carboxylic acids is 1. The number of halogens is 2. The maximum atomic E-state index is 12.0. The molecule has 2 atom stereocenters. The first-order valence-corrected chi connectivity index (χ1v) is 6.89. The number of hydrogen-bond acceptors (Lipinski definition) is 3. The highest BCUT2D eigenvalue weighted by Gasteiger charge is 2.32. The van der Waals surface area contributed by atoms with Gasteiger partial charge in [-0.3, -0.25) is 14.9 Å². The maximum absolute atomic E-state index is 12.0. The molecule has 1 heterocycles. The first-order chi connectivity index (χ1) is 9.38. The molecule has 0 radical (unpaired) electrons. The van der Waals surface area contributed by atoms with Crippen LogP contribution in [-0.2, 0) is 9.59 Å². The predicted molar refractivity (Wildman–Crippen MR) is 77.4 cm³/mol. The molecule has 0 saturated carbocycles. The van der Waals surface area contributed by atoms with Crippen molar-refractivity contribution in [1.29, 1.82) is 0 Å². The van der Waals surface area contributed by atoms with Crippen LogP contribution in [-0.4, -0.2) is 29.1 Å². The smallest absolute Gasteiger partial charge is 0.320 e. The van der Waals surface area contributed by atoms with Gasteiger partial charge in [-0.2, -0.15) is 0 Å². The van der Waals surface area contributed by atoms with E-state index in [1.54, 1.807) is 19.1 Å². The zero-order valence-electron chi connectivity index (χ0n) is 10.7. The highest BCUT2D eigenvalue weighted by atomic mass is 35.5. The first-order valence-electron chi connectivity index (χ1n) is 6.14. The molecule has 1 saturated heterocycles. The summed E-state index contributed by atoms with van der Waals surface area (Å²) < 4.78 is 0.